The van der Waals surface area contributed by atoms with E-state index >= 15 is 0 Å². The highest BCUT2D eigenvalue weighted by Gasteiger charge is 2.23. The van der Waals surface area contributed by atoms with Crippen LogP contribution in [0.2, 0.25) is 0 Å². The van der Waals surface area contributed by atoms with E-state index in [1.807, 2.05) is 4.90 Å². The molecule has 25 heavy (non-hydrogen) atoms. The molecule has 1 amide bonds. The first-order chi connectivity index (χ1) is 12.0. The smallest absolute Gasteiger partial charge is 0.240 e. The number of alkyl halides is 1. The van der Waals surface area contributed by atoms with Crippen LogP contribution in [0.25, 0.3) is 0 Å². The highest BCUT2D eigenvalue weighted by atomic mass is 35.5. The van der Waals surface area contributed by atoms with E-state index in [1.165, 1.54) is 22.7 Å². The lowest BCUT2D eigenvalue weighted by Gasteiger charge is -2.22. The average molecular weight is 379 g/mol. The fourth-order valence-corrected chi connectivity index (χ4v) is 3.79. The van der Waals surface area contributed by atoms with Crippen molar-refractivity contribution in [3.8, 4) is 0 Å². The van der Waals surface area contributed by atoms with E-state index in [1.54, 1.807) is 6.92 Å². The van der Waals surface area contributed by atoms with Gasteiger partial charge in [0.2, 0.25) is 11.0 Å². The molecule has 0 bridgehead atoms. The van der Waals surface area contributed by atoms with Crippen LogP contribution in [0.3, 0.4) is 0 Å². The van der Waals surface area contributed by atoms with Crippen molar-refractivity contribution in [2.45, 2.75) is 32.1 Å². The predicted molar refractivity (Wildman–Crippen MR) is 103 cm³/mol. The summed E-state index contributed by atoms with van der Waals surface area (Å²) in [5.74, 6) is 0.872. The molecule has 0 unspecified atom stereocenters. The zero-order chi connectivity index (χ0) is 17.8. The molecule has 2 aromatic rings. The van der Waals surface area contributed by atoms with Crippen molar-refractivity contribution in [3.63, 3.8) is 0 Å². The Kier molecular flexibility index (Phi) is 5.91. The number of amides is 1. The molecule has 1 aromatic heterocycles. The second-order valence-electron chi connectivity index (χ2n) is 6.44. The van der Waals surface area contributed by atoms with Crippen molar-refractivity contribution >= 4 is 34.2 Å². The molecule has 5 nitrogen and oxygen atoms in total. The summed E-state index contributed by atoms with van der Waals surface area (Å²) in [5, 5.41) is 0.476. The molecule has 7 heteroatoms. The van der Waals surface area contributed by atoms with Gasteiger partial charge in [0, 0.05) is 44.1 Å². The van der Waals surface area contributed by atoms with Gasteiger partial charge in [-0.1, -0.05) is 29.8 Å². The molecule has 0 radical (unpaired) electrons. The predicted octanol–water partition coefficient (Wildman–Crippen LogP) is 3.10. The molecule has 0 aliphatic carbocycles. The summed E-state index contributed by atoms with van der Waals surface area (Å²) in [6, 6.07) is 8.47. The van der Waals surface area contributed by atoms with Crippen LogP contribution < -0.4 is 4.90 Å². The van der Waals surface area contributed by atoms with Gasteiger partial charge in [0.15, 0.2) is 0 Å². The second-order valence-corrected chi connectivity index (χ2v) is 7.82. The van der Waals surface area contributed by atoms with Gasteiger partial charge in [0.1, 0.15) is 11.2 Å². The van der Waals surface area contributed by atoms with Crippen LogP contribution >= 0.6 is 23.1 Å². The summed E-state index contributed by atoms with van der Waals surface area (Å²) in [4.78, 5) is 20.9. The van der Waals surface area contributed by atoms with Gasteiger partial charge < -0.3 is 9.80 Å². The van der Waals surface area contributed by atoms with Gasteiger partial charge in [-0.05, 0) is 25.8 Å². The van der Waals surface area contributed by atoms with Gasteiger partial charge in [0.25, 0.3) is 0 Å². The lowest BCUT2D eigenvalue weighted by atomic mass is 10.1. The fraction of sp³-hybridized carbons (Fsp3) is 0.500. The Bertz CT molecular complexity index is 716. The molecule has 1 atom stereocenters. The first kappa shape index (κ1) is 18.1. The lowest BCUT2D eigenvalue weighted by molar-refractivity contribution is -0.130. The number of carbonyl (C=O) groups is 1. The molecule has 1 fully saturated rings. The first-order valence-electron chi connectivity index (χ1n) is 8.59. The zero-order valence-electron chi connectivity index (χ0n) is 14.6. The lowest BCUT2D eigenvalue weighted by Crippen LogP contribution is -2.38. The largest absolute Gasteiger partial charge is 0.345 e. The summed E-state index contributed by atoms with van der Waals surface area (Å²) in [7, 11) is 0. The van der Waals surface area contributed by atoms with Crippen LogP contribution in [-0.2, 0) is 11.2 Å². The molecule has 1 aliphatic heterocycles. The van der Waals surface area contributed by atoms with Crippen molar-refractivity contribution in [2.75, 3.05) is 31.1 Å². The minimum atomic E-state index is -0.464. The quantitative estimate of drug-likeness (QED) is 0.767. The summed E-state index contributed by atoms with van der Waals surface area (Å²) in [5.41, 5.74) is 2.48. The van der Waals surface area contributed by atoms with Gasteiger partial charge in [-0.3, -0.25) is 4.79 Å². The maximum absolute atomic E-state index is 12.1. The van der Waals surface area contributed by atoms with Crippen molar-refractivity contribution in [3.05, 3.63) is 41.2 Å². The summed E-state index contributed by atoms with van der Waals surface area (Å²) in [6.07, 6.45) is 1.67. The number of aromatic nitrogens is 2. The van der Waals surface area contributed by atoms with E-state index in [4.69, 9.17) is 16.6 Å². The molecular weight excluding hydrogens is 356 g/mol. The van der Waals surface area contributed by atoms with E-state index < -0.39 is 5.38 Å². The Morgan fingerprint density at radius 1 is 1.24 bits per heavy atom. The van der Waals surface area contributed by atoms with E-state index in [0.29, 0.717) is 6.54 Å². The molecule has 0 N–H and O–H groups in total. The number of carbonyl (C=O) groups excluding carboxylic acids is 1. The third-order valence-electron chi connectivity index (χ3n) is 4.36. The Labute approximate surface area is 157 Å². The van der Waals surface area contributed by atoms with Crippen LogP contribution in [-0.4, -0.2) is 51.7 Å². The molecule has 0 saturated carbocycles. The molecule has 1 aliphatic rings. The standard InChI is InChI=1S/C18H23ClN4OS/c1-13-4-6-15(7-5-13)12-16-20-18(25-21-16)23-9-3-8-22(10-11-23)17(24)14(2)19/h4-7,14H,3,8-12H2,1-2H3/t14-/m0/s1. The van der Waals surface area contributed by atoms with Crippen LogP contribution in [0.1, 0.15) is 30.3 Å². The van der Waals surface area contributed by atoms with E-state index in [2.05, 4.69) is 40.5 Å². The number of rotatable bonds is 4. The number of anilines is 1. The van der Waals surface area contributed by atoms with Gasteiger partial charge in [-0.25, -0.2) is 4.98 Å². The van der Waals surface area contributed by atoms with Crippen molar-refractivity contribution < 1.29 is 4.79 Å². The summed E-state index contributed by atoms with van der Waals surface area (Å²) < 4.78 is 4.51. The van der Waals surface area contributed by atoms with Gasteiger partial charge >= 0.3 is 0 Å². The van der Waals surface area contributed by atoms with Crippen molar-refractivity contribution in [1.29, 1.82) is 0 Å². The Balaban J connectivity index is 1.62. The highest BCUT2D eigenvalue weighted by Crippen LogP contribution is 2.21. The summed E-state index contributed by atoms with van der Waals surface area (Å²) in [6.45, 7) is 6.91. The van der Waals surface area contributed by atoms with Crippen LogP contribution in [0.4, 0.5) is 5.13 Å². The molecule has 134 valence electrons. The molecular formula is C18H23ClN4OS. The zero-order valence-corrected chi connectivity index (χ0v) is 16.2. The second kappa shape index (κ2) is 8.15. The number of halogens is 1. The Morgan fingerprint density at radius 2 is 2.00 bits per heavy atom. The Morgan fingerprint density at radius 3 is 2.72 bits per heavy atom. The number of hydrogen-bond donors (Lipinski definition) is 0. The van der Waals surface area contributed by atoms with E-state index in [9.17, 15) is 4.79 Å². The van der Waals surface area contributed by atoms with Crippen LogP contribution in [0, 0.1) is 6.92 Å². The fourth-order valence-electron chi connectivity index (χ4n) is 2.91. The molecule has 1 aromatic carbocycles. The van der Waals surface area contributed by atoms with Crippen molar-refractivity contribution in [2.24, 2.45) is 0 Å². The van der Waals surface area contributed by atoms with Gasteiger partial charge in [-0.2, -0.15) is 4.37 Å². The normalized spacial score (nSPS) is 16.6. The SMILES string of the molecule is Cc1ccc(Cc2nsc(N3CCCN(C(=O)[C@H](C)Cl)CC3)n2)cc1. The monoisotopic (exact) mass is 378 g/mol. The Hall–Kier alpha value is -1.66. The third-order valence-corrected chi connectivity index (χ3v) is 5.36. The van der Waals surface area contributed by atoms with Crippen molar-refractivity contribution in [1.82, 2.24) is 14.3 Å². The van der Waals surface area contributed by atoms with Crippen LogP contribution in [0.5, 0.6) is 0 Å². The van der Waals surface area contributed by atoms with Gasteiger partial charge in [0.05, 0.1) is 0 Å². The minimum absolute atomic E-state index is 0.0147. The van der Waals surface area contributed by atoms with Gasteiger partial charge in [-0.15, -0.1) is 11.6 Å². The van der Waals surface area contributed by atoms with E-state index in [0.717, 1.165) is 43.4 Å². The number of hydrogen-bond acceptors (Lipinski definition) is 5. The molecule has 0 spiro atoms. The molecule has 2 heterocycles. The topological polar surface area (TPSA) is 49.3 Å². The minimum Gasteiger partial charge on any atom is -0.345 e. The highest BCUT2D eigenvalue weighted by molar-refractivity contribution is 7.09. The first-order valence-corrected chi connectivity index (χ1v) is 9.80. The maximum Gasteiger partial charge on any atom is 0.240 e. The average Bonchev–Trinajstić information content (AvgIpc) is 2.91. The molecule has 3 rings (SSSR count). The third kappa shape index (κ3) is 4.70. The van der Waals surface area contributed by atoms with Crippen LogP contribution in [0.15, 0.2) is 24.3 Å². The van der Waals surface area contributed by atoms with E-state index in [-0.39, 0.29) is 5.91 Å². The molecule has 1 saturated heterocycles. The number of nitrogens with zero attached hydrogens (tertiary/aromatic N) is 4. The number of benzene rings is 1. The summed E-state index contributed by atoms with van der Waals surface area (Å²) >= 11 is 7.37. The number of aryl methyl sites for hydroxylation is 1. The maximum atomic E-state index is 12.1.